The molecule has 8 atom stereocenters. The van der Waals surface area contributed by atoms with Crippen LogP contribution in [0.15, 0.2) is 12.2 Å². The van der Waals surface area contributed by atoms with Crippen molar-refractivity contribution < 1.29 is 23.9 Å². The third kappa shape index (κ3) is 2.41. The van der Waals surface area contributed by atoms with Gasteiger partial charge in [0, 0.05) is 24.7 Å². The van der Waals surface area contributed by atoms with Gasteiger partial charge in [0.1, 0.15) is 11.4 Å². The minimum atomic E-state index is -0.851. The Hall–Kier alpha value is -2.16. The SMILES string of the molecule is COC(=O)[C@@H]1C[C@]2(C#N)CC(=O)CC[C@]2(C)C2C=C[C@@]3(C)C(CC[C@@]34CCC(=O)O4)C21. The molecule has 31 heavy (non-hydrogen) atoms. The van der Waals surface area contributed by atoms with Crippen molar-refractivity contribution >= 4 is 17.7 Å². The van der Waals surface area contributed by atoms with Crippen molar-refractivity contribution in [2.75, 3.05) is 7.11 Å². The zero-order chi connectivity index (χ0) is 22.2. The maximum Gasteiger partial charge on any atom is 0.309 e. The Labute approximate surface area is 183 Å². The maximum atomic E-state index is 13.1. The average molecular weight is 426 g/mol. The van der Waals surface area contributed by atoms with Crippen LogP contribution >= 0.6 is 0 Å². The summed E-state index contributed by atoms with van der Waals surface area (Å²) >= 11 is 0. The van der Waals surface area contributed by atoms with Crippen molar-refractivity contribution in [3.63, 3.8) is 0 Å². The second kappa shape index (κ2) is 6.43. The van der Waals surface area contributed by atoms with Crippen molar-refractivity contribution in [1.82, 2.24) is 0 Å². The van der Waals surface area contributed by atoms with E-state index in [0.717, 1.165) is 19.3 Å². The fourth-order valence-electron chi connectivity index (χ4n) is 8.37. The van der Waals surface area contributed by atoms with Crippen LogP contribution in [0.3, 0.4) is 0 Å². The lowest BCUT2D eigenvalue weighted by molar-refractivity contribution is -0.177. The molecule has 4 aliphatic carbocycles. The number of nitrogens with zero attached hydrogens (tertiary/aromatic N) is 1. The van der Waals surface area contributed by atoms with Crippen molar-refractivity contribution in [2.24, 2.45) is 39.9 Å². The molecule has 0 aromatic carbocycles. The second-order valence-corrected chi connectivity index (χ2v) is 11.0. The number of carbonyl (C=O) groups is 3. The van der Waals surface area contributed by atoms with Crippen LogP contribution in [0, 0.1) is 51.2 Å². The van der Waals surface area contributed by atoms with Crippen LogP contribution in [-0.2, 0) is 23.9 Å². The summed E-state index contributed by atoms with van der Waals surface area (Å²) in [6, 6.07) is 2.52. The zero-order valence-corrected chi connectivity index (χ0v) is 18.6. The van der Waals surface area contributed by atoms with Crippen molar-refractivity contribution in [3.05, 3.63) is 12.2 Å². The van der Waals surface area contributed by atoms with Gasteiger partial charge in [-0.15, -0.1) is 0 Å². The molecule has 1 saturated heterocycles. The summed E-state index contributed by atoms with van der Waals surface area (Å²) in [5, 5.41) is 10.3. The highest BCUT2D eigenvalue weighted by Crippen LogP contribution is 2.71. The van der Waals surface area contributed by atoms with Crippen molar-refractivity contribution in [1.29, 1.82) is 5.26 Å². The highest BCUT2D eigenvalue weighted by Gasteiger charge is 2.71. The molecule has 166 valence electrons. The smallest absolute Gasteiger partial charge is 0.309 e. The Bertz CT molecular complexity index is 935. The molecule has 5 rings (SSSR count). The third-order valence-electron chi connectivity index (χ3n) is 10.2. The van der Waals surface area contributed by atoms with Gasteiger partial charge < -0.3 is 9.47 Å². The van der Waals surface area contributed by atoms with E-state index in [2.05, 4.69) is 32.1 Å². The number of nitriles is 1. The van der Waals surface area contributed by atoms with E-state index < -0.39 is 16.9 Å². The van der Waals surface area contributed by atoms with Crippen LogP contribution in [0.2, 0.25) is 0 Å². The summed E-state index contributed by atoms with van der Waals surface area (Å²) < 4.78 is 11.2. The molecule has 0 aromatic heterocycles. The van der Waals surface area contributed by atoms with Crippen LogP contribution in [0.25, 0.3) is 0 Å². The van der Waals surface area contributed by atoms with E-state index in [4.69, 9.17) is 9.47 Å². The fourth-order valence-corrected chi connectivity index (χ4v) is 8.37. The Morgan fingerprint density at radius 2 is 2.00 bits per heavy atom. The summed E-state index contributed by atoms with van der Waals surface area (Å²) in [4.78, 5) is 37.6. The lowest BCUT2D eigenvalue weighted by Crippen LogP contribution is -2.62. The summed E-state index contributed by atoms with van der Waals surface area (Å²) in [6.45, 7) is 4.34. The van der Waals surface area contributed by atoms with Gasteiger partial charge in [0.25, 0.3) is 0 Å². The summed E-state index contributed by atoms with van der Waals surface area (Å²) in [5.74, 6) is -0.537. The van der Waals surface area contributed by atoms with Crippen LogP contribution in [0.1, 0.15) is 65.2 Å². The molecule has 1 aliphatic heterocycles. The third-order valence-corrected chi connectivity index (χ3v) is 10.2. The van der Waals surface area contributed by atoms with E-state index in [1.807, 2.05) is 0 Å². The van der Waals surface area contributed by atoms with Crippen molar-refractivity contribution in [2.45, 2.75) is 70.8 Å². The number of ketones is 1. The van der Waals surface area contributed by atoms with Crippen LogP contribution in [0.5, 0.6) is 0 Å². The molecule has 6 heteroatoms. The molecule has 6 nitrogen and oxygen atoms in total. The number of hydrogen-bond acceptors (Lipinski definition) is 6. The van der Waals surface area contributed by atoms with Crippen LogP contribution in [0.4, 0.5) is 0 Å². The van der Waals surface area contributed by atoms with Gasteiger partial charge in [-0.2, -0.15) is 5.26 Å². The molecule has 5 aliphatic rings. The number of hydrogen-bond donors (Lipinski definition) is 0. The first-order valence-electron chi connectivity index (χ1n) is 11.6. The lowest BCUT2D eigenvalue weighted by atomic mass is 9.39. The number of fused-ring (bicyclic) bond motifs is 6. The number of Topliss-reactive ketones (excluding diaryl/α,β-unsaturated/α-hetero) is 1. The molecular weight excluding hydrogens is 394 g/mol. The van der Waals surface area contributed by atoms with Gasteiger partial charge in [-0.05, 0) is 55.3 Å². The average Bonchev–Trinajstić information content (AvgIpc) is 3.27. The second-order valence-electron chi connectivity index (χ2n) is 11.0. The van der Waals surface area contributed by atoms with Gasteiger partial charge in [-0.1, -0.05) is 26.0 Å². The van der Waals surface area contributed by atoms with E-state index >= 15 is 0 Å². The molecule has 0 N–H and O–H groups in total. The minimum Gasteiger partial charge on any atom is -0.469 e. The quantitative estimate of drug-likeness (QED) is 0.469. The maximum absolute atomic E-state index is 13.1. The molecule has 0 bridgehead atoms. The first-order chi connectivity index (χ1) is 14.7. The van der Waals surface area contributed by atoms with Crippen LogP contribution in [-0.4, -0.2) is 30.4 Å². The monoisotopic (exact) mass is 425 g/mol. The molecule has 4 fully saturated rings. The standard InChI is InChI=1S/C25H31NO5/c1-22-8-4-15(27)12-24(22,14-26)13-16(21(29)30-3)20-17(22)5-9-23(2)18(20)6-10-25(23)11-7-19(28)31-25/h5,9,16-18,20H,4,6-8,10-13H2,1-3H3/t16-,17?,18?,20?,22-,23+,24+,25-/m1/s1. The number of ether oxygens (including phenoxy) is 2. The van der Waals surface area contributed by atoms with Gasteiger partial charge in [0.2, 0.25) is 0 Å². The first-order valence-corrected chi connectivity index (χ1v) is 11.6. The van der Waals surface area contributed by atoms with E-state index in [1.165, 1.54) is 7.11 Å². The Balaban J connectivity index is 1.65. The van der Waals surface area contributed by atoms with Crippen LogP contribution < -0.4 is 0 Å². The summed E-state index contributed by atoms with van der Waals surface area (Å²) in [7, 11) is 1.41. The van der Waals surface area contributed by atoms with Gasteiger partial charge in [-0.3, -0.25) is 14.4 Å². The van der Waals surface area contributed by atoms with Gasteiger partial charge in [-0.25, -0.2) is 0 Å². The van der Waals surface area contributed by atoms with E-state index in [-0.39, 0.29) is 52.7 Å². The lowest BCUT2D eigenvalue weighted by Gasteiger charge is -2.62. The van der Waals surface area contributed by atoms with E-state index in [0.29, 0.717) is 25.7 Å². The molecule has 3 unspecified atom stereocenters. The largest absolute Gasteiger partial charge is 0.469 e. The fraction of sp³-hybridized carbons (Fsp3) is 0.760. The minimum absolute atomic E-state index is 0.0146. The molecule has 3 saturated carbocycles. The number of esters is 2. The predicted molar refractivity (Wildman–Crippen MR) is 110 cm³/mol. The number of rotatable bonds is 1. The number of carbonyl (C=O) groups excluding carboxylic acids is 3. The molecular formula is C25H31NO5. The van der Waals surface area contributed by atoms with E-state index in [9.17, 15) is 19.6 Å². The molecule has 0 radical (unpaired) electrons. The van der Waals surface area contributed by atoms with Gasteiger partial charge in [0.05, 0.1) is 24.5 Å². The number of allylic oxidation sites excluding steroid dienone is 1. The van der Waals surface area contributed by atoms with E-state index in [1.54, 1.807) is 0 Å². The normalized spacial score (nSPS) is 50.3. The Kier molecular flexibility index (Phi) is 4.30. The molecule has 0 aromatic rings. The first kappa shape index (κ1) is 20.7. The summed E-state index contributed by atoms with van der Waals surface area (Å²) in [5.41, 5.74) is -2.05. The number of methoxy groups -OCH3 is 1. The van der Waals surface area contributed by atoms with Crippen molar-refractivity contribution in [3.8, 4) is 6.07 Å². The molecule has 1 heterocycles. The zero-order valence-electron chi connectivity index (χ0n) is 18.6. The van der Waals surface area contributed by atoms with Gasteiger partial charge >= 0.3 is 11.9 Å². The predicted octanol–water partition coefficient (Wildman–Crippen LogP) is 3.74. The molecule has 0 amide bonds. The van der Waals surface area contributed by atoms with Gasteiger partial charge in [0.15, 0.2) is 0 Å². The topological polar surface area (TPSA) is 93.5 Å². The highest BCUT2D eigenvalue weighted by molar-refractivity contribution is 5.82. The summed E-state index contributed by atoms with van der Waals surface area (Å²) in [6.07, 6.45) is 9.04. The molecule has 1 spiro atoms. The Morgan fingerprint density at radius 3 is 2.65 bits per heavy atom. The Morgan fingerprint density at radius 1 is 1.23 bits per heavy atom. The highest BCUT2D eigenvalue weighted by atomic mass is 16.6.